The predicted octanol–water partition coefficient (Wildman–Crippen LogP) is 2.59. The lowest BCUT2D eigenvalue weighted by molar-refractivity contribution is 0.0524. The van der Waals surface area contributed by atoms with Gasteiger partial charge in [0.1, 0.15) is 5.56 Å². The Labute approximate surface area is 118 Å². The summed E-state index contributed by atoms with van der Waals surface area (Å²) in [6.45, 7) is 2.07. The molecule has 104 valence electrons. The largest absolute Gasteiger partial charge is 0.462 e. The average molecular weight is 292 g/mol. The molecule has 8 heteroatoms. The Bertz CT molecular complexity index is 771. The number of azide groups is 1. The number of carbonyl (C=O) groups excluding carboxylic acids is 1. The second kappa shape index (κ2) is 5.77. The van der Waals surface area contributed by atoms with Gasteiger partial charge in [-0.3, -0.25) is 4.79 Å². The molecule has 2 aromatic heterocycles. The van der Waals surface area contributed by atoms with Crippen molar-refractivity contribution in [2.45, 2.75) is 13.5 Å². The standard InChI is InChI=1S/C12H12N4O3S/c1-3-19-12(18)8-5-16(2)9-7(4-14-15-13)6-20-11(9)10(8)17/h5-6H,3-4H2,1-2H3. The normalized spacial score (nSPS) is 10.3. The highest BCUT2D eigenvalue weighted by Crippen LogP contribution is 2.24. The summed E-state index contributed by atoms with van der Waals surface area (Å²) in [4.78, 5) is 26.7. The van der Waals surface area contributed by atoms with E-state index in [1.54, 1.807) is 23.9 Å². The summed E-state index contributed by atoms with van der Waals surface area (Å²) in [5.74, 6) is -0.625. The topological polar surface area (TPSA) is 97.1 Å². The van der Waals surface area contributed by atoms with Gasteiger partial charge in [-0.2, -0.15) is 0 Å². The van der Waals surface area contributed by atoms with E-state index in [0.29, 0.717) is 10.2 Å². The maximum atomic E-state index is 12.3. The summed E-state index contributed by atoms with van der Waals surface area (Å²) in [7, 11) is 1.73. The van der Waals surface area contributed by atoms with Crippen LogP contribution in [0.3, 0.4) is 0 Å². The van der Waals surface area contributed by atoms with Crippen molar-refractivity contribution in [2.75, 3.05) is 6.61 Å². The first-order valence-corrected chi connectivity index (χ1v) is 6.75. The van der Waals surface area contributed by atoms with Crippen LogP contribution < -0.4 is 5.43 Å². The first-order valence-electron chi connectivity index (χ1n) is 5.87. The van der Waals surface area contributed by atoms with Crippen molar-refractivity contribution in [1.29, 1.82) is 0 Å². The van der Waals surface area contributed by atoms with Crippen molar-refractivity contribution < 1.29 is 9.53 Å². The molecule has 0 unspecified atom stereocenters. The van der Waals surface area contributed by atoms with Crippen LogP contribution in [-0.2, 0) is 18.3 Å². The van der Waals surface area contributed by atoms with E-state index in [-0.39, 0.29) is 24.1 Å². The molecule has 0 aromatic carbocycles. The SMILES string of the molecule is CCOC(=O)c1cn(C)c2c(CN=[N+]=[N-])csc2c1=O. The number of esters is 1. The predicted molar refractivity (Wildman–Crippen MR) is 75.9 cm³/mol. The zero-order valence-electron chi connectivity index (χ0n) is 11.0. The minimum Gasteiger partial charge on any atom is -0.462 e. The lowest BCUT2D eigenvalue weighted by atomic mass is 10.2. The molecule has 0 saturated carbocycles. The number of ether oxygens (including phenoxy) is 1. The van der Waals surface area contributed by atoms with E-state index < -0.39 is 5.97 Å². The second-order valence-corrected chi connectivity index (χ2v) is 4.91. The highest BCUT2D eigenvalue weighted by atomic mass is 32.1. The second-order valence-electron chi connectivity index (χ2n) is 4.03. The van der Waals surface area contributed by atoms with Gasteiger partial charge in [-0.05, 0) is 23.4 Å². The van der Waals surface area contributed by atoms with E-state index in [2.05, 4.69) is 10.0 Å². The van der Waals surface area contributed by atoms with Gasteiger partial charge in [0, 0.05) is 18.2 Å². The van der Waals surface area contributed by atoms with Gasteiger partial charge < -0.3 is 9.30 Å². The Morgan fingerprint density at radius 3 is 3.00 bits per heavy atom. The molecule has 2 rings (SSSR count). The van der Waals surface area contributed by atoms with Crippen LogP contribution in [0.1, 0.15) is 22.8 Å². The highest BCUT2D eigenvalue weighted by molar-refractivity contribution is 7.17. The van der Waals surface area contributed by atoms with Crippen LogP contribution in [-0.4, -0.2) is 17.1 Å². The Kier molecular flexibility index (Phi) is 4.07. The first-order chi connectivity index (χ1) is 9.60. The molecular formula is C12H12N4O3S. The third-order valence-corrected chi connectivity index (χ3v) is 3.78. The quantitative estimate of drug-likeness (QED) is 0.375. The molecule has 0 saturated heterocycles. The molecule has 0 radical (unpaired) electrons. The molecule has 0 amide bonds. The first kappa shape index (κ1) is 14.1. The number of hydrogen-bond donors (Lipinski definition) is 0. The van der Waals surface area contributed by atoms with Crippen LogP contribution in [0, 0.1) is 0 Å². The molecule has 0 aliphatic carbocycles. The lowest BCUT2D eigenvalue weighted by Gasteiger charge is -2.07. The number of rotatable bonds is 4. The molecule has 2 aromatic rings. The Morgan fingerprint density at radius 2 is 2.35 bits per heavy atom. The Balaban J connectivity index is 2.64. The summed E-state index contributed by atoms with van der Waals surface area (Å²) in [6.07, 6.45) is 1.45. The summed E-state index contributed by atoms with van der Waals surface area (Å²) in [6, 6.07) is 0. The van der Waals surface area contributed by atoms with Crippen LogP contribution >= 0.6 is 11.3 Å². The van der Waals surface area contributed by atoms with Crippen molar-refractivity contribution in [2.24, 2.45) is 12.2 Å². The lowest BCUT2D eigenvalue weighted by Crippen LogP contribution is -2.19. The van der Waals surface area contributed by atoms with Gasteiger partial charge in [0.25, 0.3) is 0 Å². The van der Waals surface area contributed by atoms with Gasteiger partial charge in [0.15, 0.2) is 0 Å². The van der Waals surface area contributed by atoms with Crippen LogP contribution in [0.25, 0.3) is 20.7 Å². The average Bonchev–Trinajstić information content (AvgIpc) is 2.85. The third kappa shape index (κ3) is 2.38. The Morgan fingerprint density at radius 1 is 1.60 bits per heavy atom. The number of nitrogens with zero attached hydrogens (tertiary/aromatic N) is 4. The van der Waals surface area contributed by atoms with Crippen LogP contribution in [0.4, 0.5) is 0 Å². The van der Waals surface area contributed by atoms with E-state index in [1.165, 1.54) is 17.5 Å². The number of thiophene rings is 1. The van der Waals surface area contributed by atoms with Crippen molar-refractivity contribution in [3.05, 3.63) is 43.4 Å². The summed E-state index contributed by atoms with van der Waals surface area (Å²) in [5.41, 5.74) is 9.47. The molecule has 7 nitrogen and oxygen atoms in total. The van der Waals surface area contributed by atoms with Gasteiger partial charge in [0.05, 0.1) is 23.4 Å². The van der Waals surface area contributed by atoms with E-state index in [4.69, 9.17) is 10.3 Å². The van der Waals surface area contributed by atoms with Gasteiger partial charge >= 0.3 is 5.97 Å². The smallest absolute Gasteiger partial charge is 0.343 e. The molecule has 2 heterocycles. The molecule has 0 atom stereocenters. The molecule has 20 heavy (non-hydrogen) atoms. The fourth-order valence-electron chi connectivity index (χ4n) is 1.95. The number of aromatic nitrogens is 1. The van der Waals surface area contributed by atoms with Crippen LogP contribution in [0.15, 0.2) is 21.5 Å². The minimum absolute atomic E-state index is 0.0130. The summed E-state index contributed by atoms with van der Waals surface area (Å²) >= 11 is 1.23. The zero-order valence-corrected chi connectivity index (χ0v) is 11.8. The molecule has 0 spiro atoms. The van der Waals surface area contributed by atoms with Gasteiger partial charge in [0.2, 0.25) is 5.43 Å². The minimum atomic E-state index is -0.625. The van der Waals surface area contributed by atoms with Crippen LogP contribution in [0.2, 0.25) is 0 Å². The molecule has 0 aliphatic heterocycles. The van der Waals surface area contributed by atoms with E-state index in [0.717, 1.165) is 5.56 Å². The van der Waals surface area contributed by atoms with E-state index >= 15 is 0 Å². The maximum absolute atomic E-state index is 12.3. The molecule has 0 N–H and O–H groups in total. The zero-order chi connectivity index (χ0) is 14.7. The van der Waals surface area contributed by atoms with Gasteiger partial charge in [-0.1, -0.05) is 5.11 Å². The van der Waals surface area contributed by atoms with Gasteiger partial charge in [-0.25, -0.2) is 4.79 Å². The van der Waals surface area contributed by atoms with Crippen molar-refractivity contribution in [3.8, 4) is 0 Å². The number of aryl methyl sites for hydroxylation is 1. The monoisotopic (exact) mass is 292 g/mol. The fourth-order valence-corrected chi connectivity index (χ4v) is 3.00. The molecule has 0 fully saturated rings. The van der Waals surface area contributed by atoms with Crippen molar-refractivity contribution in [1.82, 2.24) is 4.57 Å². The van der Waals surface area contributed by atoms with Crippen molar-refractivity contribution >= 4 is 27.5 Å². The summed E-state index contributed by atoms with van der Waals surface area (Å²) in [5, 5.41) is 5.26. The van der Waals surface area contributed by atoms with Crippen molar-refractivity contribution in [3.63, 3.8) is 0 Å². The van der Waals surface area contributed by atoms with E-state index in [1.807, 2.05) is 0 Å². The summed E-state index contributed by atoms with van der Waals surface area (Å²) < 4.78 is 7.01. The van der Waals surface area contributed by atoms with Gasteiger partial charge in [-0.15, -0.1) is 11.3 Å². The fraction of sp³-hybridized carbons (Fsp3) is 0.333. The number of fused-ring (bicyclic) bond motifs is 1. The molecular weight excluding hydrogens is 280 g/mol. The Hall–Kier alpha value is -2.31. The number of carbonyl (C=O) groups is 1. The highest BCUT2D eigenvalue weighted by Gasteiger charge is 2.18. The molecule has 0 bridgehead atoms. The third-order valence-electron chi connectivity index (χ3n) is 2.76. The molecule has 0 aliphatic rings. The van der Waals surface area contributed by atoms with E-state index in [9.17, 15) is 9.59 Å². The number of pyridine rings is 1. The maximum Gasteiger partial charge on any atom is 0.343 e. The number of hydrogen-bond acceptors (Lipinski definition) is 5. The van der Waals surface area contributed by atoms with Crippen LogP contribution in [0.5, 0.6) is 0 Å².